The molecule has 0 heterocycles. The second-order valence-corrected chi connectivity index (χ2v) is 3.15. The molecule has 80 valence electrons. The highest BCUT2D eigenvalue weighted by molar-refractivity contribution is 5.85. The Morgan fingerprint density at radius 2 is 1.85 bits per heavy atom. The molecule has 4 heteroatoms. The molecule has 0 saturated heterocycles. The molecule has 1 unspecified atom stereocenters. The van der Waals surface area contributed by atoms with Gasteiger partial charge >= 0.3 is 5.97 Å². The number of halogens is 1. The van der Waals surface area contributed by atoms with E-state index in [1.165, 1.54) is 19.3 Å². The summed E-state index contributed by atoms with van der Waals surface area (Å²) >= 11 is 0. The van der Waals surface area contributed by atoms with Crippen LogP contribution in [0, 0.1) is 0 Å². The Morgan fingerprint density at radius 1 is 1.31 bits per heavy atom. The third-order valence-corrected chi connectivity index (χ3v) is 1.94. The summed E-state index contributed by atoms with van der Waals surface area (Å²) in [4.78, 5) is 10.3. The fourth-order valence-corrected chi connectivity index (χ4v) is 1.09. The van der Waals surface area contributed by atoms with Crippen LogP contribution >= 0.6 is 12.4 Å². The number of nitrogens with two attached hydrogens (primary N) is 1. The fourth-order valence-electron chi connectivity index (χ4n) is 1.09. The lowest BCUT2D eigenvalue weighted by molar-refractivity contribution is -0.138. The maximum Gasteiger partial charge on any atom is 0.320 e. The molecule has 0 aliphatic rings. The lowest BCUT2D eigenvalue weighted by Crippen LogP contribution is -2.29. The van der Waals surface area contributed by atoms with Crippen LogP contribution < -0.4 is 5.73 Å². The van der Waals surface area contributed by atoms with E-state index < -0.39 is 12.0 Å². The van der Waals surface area contributed by atoms with Crippen LogP contribution in [0.5, 0.6) is 0 Å². The van der Waals surface area contributed by atoms with E-state index in [0.717, 1.165) is 12.8 Å². The van der Waals surface area contributed by atoms with Gasteiger partial charge in [0.2, 0.25) is 0 Å². The Balaban J connectivity index is 0. The summed E-state index contributed by atoms with van der Waals surface area (Å²) in [5, 5.41) is 8.46. The minimum absolute atomic E-state index is 0. The van der Waals surface area contributed by atoms with Gasteiger partial charge in [-0.3, -0.25) is 4.79 Å². The predicted molar refractivity (Wildman–Crippen MR) is 56.2 cm³/mol. The molecule has 0 spiro atoms. The zero-order chi connectivity index (χ0) is 9.40. The molecule has 0 aliphatic carbocycles. The van der Waals surface area contributed by atoms with Crippen LogP contribution in [0.3, 0.4) is 0 Å². The molecule has 3 N–H and O–H groups in total. The fraction of sp³-hybridized carbons (Fsp3) is 0.889. The van der Waals surface area contributed by atoms with Crippen LogP contribution in [-0.4, -0.2) is 17.1 Å². The monoisotopic (exact) mass is 209 g/mol. The van der Waals surface area contributed by atoms with Gasteiger partial charge in [-0.25, -0.2) is 0 Å². The van der Waals surface area contributed by atoms with Crippen molar-refractivity contribution in [3.8, 4) is 0 Å². The quantitative estimate of drug-likeness (QED) is 0.632. The number of carboxylic acid groups (broad SMARTS) is 1. The highest BCUT2D eigenvalue weighted by Crippen LogP contribution is 2.06. The number of rotatable bonds is 7. The van der Waals surface area contributed by atoms with Gasteiger partial charge < -0.3 is 10.8 Å². The van der Waals surface area contributed by atoms with Crippen LogP contribution in [-0.2, 0) is 4.79 Å². The first-order valence-corrected chi connectivity index (χ1v) is 4.67. The number of hydrogen-bond donors (Lipinski definition) is 2. The largest absolute Gasteiger partial charge is 0.480 e. The highest BCUT2D eigenvalue weighted by atomic mass is 35.5. The summed E-state index contributed by atoms with van der Waals surface area (Å²) in [6, 6.07) is -0.661. The van der Waals surface area contributed by atoms with Gasteiger partial charge in [0.25, 0.3) is 0 Å². The van der Waals surface area contributed by atoms with Crippen molar-refractivity contribution in [2.45, 2.75) is 51.5 Å². The van der Waals surface area contributed by atoms with Crippen molar-refractivity contribution in [1.82, 2.24) is 0 Å². The summed E-state index contributed by atoms with van der Waals surface area (Å²) in [6.07, 6.45) is 6.30. The Labute approximate surface area is 86.1 Å². The van der Waals surface area contributed by atoms with Crippen molar-refractivity contribution >= 4 is 18.4 Å². The number of carbonyl (C=O) groups is 1. The van der Waals surface area contributed by atoms with E-state index in [1.807, 2.05) is 0 Å². The van der Waals surface area contributed by atoms with Crippen molar-refractivity contribution in [1.29, 1.82) is 0 Å². The molecule has 0 aromatic heterocycles. The van der Waals surface area contributed by atoms with Gasteiger partial charge in [0.15, 0.2) is 0 Å². The van der Waals surface area contributed by atoms with Crippen LogP contribution in [0.1, 0.15) is 45.4 Å². The Kier molecular flexibility index (Phi) is 11.5. The van der Waals surface area contributed by atoms with Gasteiger partial charge in [-0.2, -0.15) is 0 Å². The van der Waals surface area contributed by atoms with Gasteiger partial charge in [0.1, 0.15) is 6.04 Å². The van der Waals surface area contributed by atoms with Gasteiger partial charge in [0.05, 0.1) is 0 Å². The SMILES string of the molecule is CCCCCCCC(N)C(=O)O.Cl. The predicted octanol–water partition coefficient (Wildman–Crippen LogP) is 2.18. The summed E-state index contributed by atoms with van der Waals surface area (Å²) in [7, 11) is 0. The standard InChI is InChI=1S/C9H19NO2.ClH/c1-2-3-4-5-6-7-8(10)9(11)12;/h8H,2-7,10H2,1H3,(H,11,12);1H. The smallest absolute Gasteiger partial charge is 0.320 e. The molecule has 0 aromatic rings. The molecule has 0 radical (unpaired) electrons. The lowest BCUT2D eigenvalue weighted by Gasteiger charge is -2.04. The summed E-state index contributed by atoms with van der Waals surface area (Å²) in [5.41, 5.74) is 5.33. The van der Waals surface area contributed by atoms with Crippen LogP contribution in [0.2, 0.25) is 0 Å². The van der Waals surface area contributed by atoms with Gasteiger partial charge in [-0.05, 0) is 6.42 Å². The van der Waals surface area contributed by atoms with E-state index in [1.54, 1.807) is 0 Å². The van der Waals surface area contributed by atoms with E-state index in [-0.39, 0.29) is 12.4 Å². The number of carboxylic acids is 1. The Hall–Kier alpha value is -0.280. The molecule has 0 rings (SSSR count). The maximum atomic E-state index is 10.3. The first-order valence-electron chi connectivity index (χ1n) is 4.67. The van der Waals surface area contributed by atoms with Crippen molar-refractivity contribution in [3.63, 3.8) is 0 Å². The lowest BCUT2D eigenvalue weighted by atomic mass is 10.1. The number of aliphatic carboxylic acids is 1. The first-order chi connectivity index (χ1) is 5.68. The molecular formula is C9H20ClNO2. The van der Waals surface area contributed by atoms with Crippen LogP contribution in [0.15, 0.2) is 0 Å². The Morgan fingerprint density at radius 3 is 2.31 bits per heavy atom. The minimum Gasteiger partial charge on any atom is -0.480 e. The molecule has 0 amide bonds. The molecule has 0 aliphatic heterocycles. The average Bonchev–Trinajstić information content (AvgIpc) is 2.03. The molecule has 0 bridgehead atoms. The van der Waals surface area contributed by atoms with E-state index in [9.17, 15) is 4.79 Å². The third kappa shape index (κ3) is 9.64. The Bertz CT molecular complexity index is 131. The minimum atomic E-state index is -0.884. The average molecular weight is 210 g/mol. The number of hydrogen-bond acceptors (Lipinski definition) is 2. The molecule has 1 atom stereocenters. The molecule has 3 nitrogen and oxygen atoms in total. The van der Waals surface area contributed by atoms with E-state index >= 15 is 0 Å². The van der Waals surface area contributed by atoms with Crippen molar-refractivity contribution in [3.05, 3.63) is 0 Å². The second kappa shape index (κ2) is 9.81. The first kappa shape index (κ1) is 15.2. The van der Waals surface area contributed by atoms with Gasteiger partial charge in [-0.15, -0.1) is 12.4 Å². The molecular weight excluding hydrogens is 190 g/mol. The molecule has 13 heavy (non-hydrogen) atoms. The van der Waals surface area contributed by atoms with Gasteiger partial charge in [-0.1, -0.05) is 39.0 Å². The number of unbranched alkanes of at least 4 members (excludes halogenated alkanes) is 4. The van der Waals surface area contributed by atoms with Crippen molar-refractivity contribution in [2.24, 2.45) is 5.73 Å². The molecule has 0 saturated carbocycles. The molecule has 0 aromatic carbocycles. The van der Waals surface area contributed by atoms with Crippen LogP contribution in [0.4, 0.5) is 0 Å². The van der Waals surface area contributed by atoms with Crippen molar-refractivity contribution < 1.29 is 9.90 Å². The van der Waals surface area contributed by atoms with E-state index in [4.69, 9.17) is 10.8 Å². The second-order valence-electron chi connectivity index (χ2n) is 3.15. The molecule has 0 fully saturated rings. The van der Waals surface area contributed by atoms with Crippen molar-refractivity contribution in [2.75, 3.05) is 0 Å². The van der Waals surface area contributed by atoms with Crippen LogP contribution in [0.25, 0.3) is 0 Å². The van der Waals surface area contributed by atoms with E-state index in [0.29, 0.717) is 6.42 Å². The summed E-state index contributed by atoms with van der Waals surface area (Å²) in [6.45, 7) is 2.16. The van der Waals surface area contributed by atoms with Gasteiger partial charge in [0, 0.05) is 0 Å². The van der Waals surface area contributed by atoms with E-state index in [2.05, 4.69) is 6.92 Å². The third-order valence-electron chi connectivity index (χ3n) is 1.94. The summed E-state index contributed by atoms with van der Waals surface area (Å²) < 4.78 is 0. The zero-order valence-corrected chi connectivity index (χ0v) is 8.98. The zero-order valence-electron chi connectivity index (χ0n) is 8.16. The highest BCUT2D eigenvalue weighted by Gasteiger charge is 2.09. The summed E-state index contributed by atoms with van der Waals surface area (Å²) in [5.74, 6) is -0.884. The maximum absolute atomic E-state index is 10.3. The topological polar surface area (TPSA) is 63.3 Å². The normalized spacial score (nSPS) is 11.8.